The summed E-state index contributed by atoms with van der Waals surface area (Å²) in [6.45, 7) is 1.90. The summed E-state index contributed by atoms with van der Waals surface area (Å²) in [4.78, 5) is 14.5. The molecule has 0 atom stereocenters. The van der Waals surface area contributed by atoms with Crippen molar-refractivity contribution in [3.8, 4) is 0 Å². The molecule has 2 aromatic rings. The lowest BCUT2D eigenvalue weighted by Gasteiger charge is -2.00. The van der Waals surface area contributed by atoms with E-state index in [1.807, 2.05) is 12.3 Å². The predicted octanol–water partition coefficient (Wildman–Crippen LogP) is 2.81. The average molecular weight is 262 g/mol. The Balaban J connectivity index is 2.11. The first kappa shape index (κ1) is 12.2. The lowest BCUT2D eigenvalue weighted by Crippen LogP contribution is -1.96. The van der Waals surface area contributed by atoms with E-state index in [0.29, 0.717) is 5.69 Å². The van der Waals surface area contributed by atoms with Crippen LogP contribution < -0.4 is 5.43 Å². The number of rotatable bonds is 4. The first-order valence-electron chi connectivity index (χ1n) is 5.11. The molecule has 0 saturated heterocycles. The smallest absolute Gasteiger partial charge is 0.272 e. The van der Waals surface area contributed by atoms with Gasteiger partial charge in [0.1, 0.15) is 5.69 Å². The first-order chi connectivity index (χ1) is 8.66. The Kier molecular flexibility index (Phi) is 3.63. The molecular formula is C11H10N4O2S. The molecule has 0 saturated carbocycles. The lowest BCUT2D eigenvalue weighted by molar-refractivity contribution is -0.384. The van der Waals surface area contributed by atoms with E-state index in [4.69, 9.17) is 0 Å². The second-order valence-electron chi connectivity index (χ2n) is 3.44. The number of hydrogen-bond donors (Lipinski definition) is 1. The molecule has 0 aliphatic rings. The van der Waals surface area contributed by atoms with Gasteiger partial charge in [-0.25, -0.2) is 4.98 Å². The number of para-hydroxylation sites is 2. The highest BCUT2D eigenvalue weighted by Gasteiger charge is 2.10. The van der Waals surface area contributed by atoms with Crippen molar-refractivity contribution >= 4 is 28.9 Å². The molecule has 1 aromatic heterocycles. The number of nitro benzene ring substituents is 1. The van der Waals surface area contributed by atoms with E-state index < -0.39 is 4.92 Å². The molecule has 2 rings (SSSR count). The normalized spacial score (nSPS) is 10.7. The lowest BCUT2D eigenvalue weighted by atomic mass is 10.3. The van der Waals surface area contributed by atoms with Crippen LogP contribution in [0.3, 0.4) is 0 Å². The summed E-state index contributed by atoms with van der Waals surface area (Å²) in [6, 6.07) is 6.33. The quantitative estimate of drug-likeness (QED) is 0.522. The standard InChI is InChI=1S/C11H10N4O2S/c1-8-13-9(7-18-8)6-12-14-10-4-2-3-5-11(10)15(16)17/h2-7,14H,1H3/b12-6-. The number of hydrogen-bond acceptors (Lipinski definition) is 6. The summed E-state index contributed by atoms with van der Waals surface area (Å²) < 4.78 is 0. The Hall–Kier alpha value is -2.28. The molecule has 0 radical (unpaired) electrons. The second kappa shape index (κ2) is 5.37. The number of nitrogens with one attached hydrogen (secondary N) is 1. The third-order valence-electron chi connectivity index (χ3n) is 2.12. The monoisotopic (exact) mass is 262 g/mol. The minimum atomic E-state index is -0.454. The van der Waals surface area contributed by atoms with Crippen LogP contribution >= 0.6 is 11.3 Å². The summed E-state index contributed by atoms with van der Waals surface area (Å²) in [5, 5.41) is 17.5. The molecule has 18 heavy (non-hydrogen) atoms. The van der Waals surface area contributed by atoms with Crippen molar-refractivity contribution in [2.45, 2.75) is 6.92 Å². The average Bonchev–Trinajstić information content (AvgIpc) is 2.75. The molecule has 6 nitrogen and oxygen atoms in total. The SMILES string of the molecule is Cc1nc(/C=N\Nc2ccccc2[N+](=O)[O-])cs1. The van der Waals surface area contributed by atoms with Gasteiger partial charge in [-0.3, -0.25) is 15.5 Å². The van der Waals surface area contributed by atoms with Crippen molar-refractivity contribution in [3.63, 3.8) is 0 Å². The Bertz CT molecular complexity index is 594. The third-order valence-corrected chi connectivity index (χ3v) is 2.91. The maximum Gasteiger partial charge on any atom is 0.294 e. The van der Waals surface area contributed by atoms with Gasteiger partial charge in [-0.15, -0.1) is 11.3 Å². The number of nitro groups is 1. The largest absolute Gasteiger partial charge is 0.294 e. The highest BCUT2D eigenvalue weighted by atomic mass is 32.1. The van der Waals surface area contributed by atoms with Crippen LogP contribution in [0.25, 0.3) is 0 Å². The molecule has 0 spiro atoms. The van der Waals surface area contributed by atoms with Crippen LogP contribution in [-0.4, -0.2) is 16.1 Å². The van der Waals surface area contributed by atoms with Gasteiger partial charge in [0.25, 0.3) is 5.69 Å². The zero-order chi connectivity index (χ0) is 13.0. The fourth-order valence-electron chi connectivity index (χ4n) is 1.33. The van der Waals surface area contributed by atoms with Crippen LogP contribution in [0.2, 0.25) is 0 Å². The third kappa shape index (κ3) is 2.89. The van der Waals surface area contributed by atoms with Gasteiger partial charge >= 0.3 is 0 Å². The fraction of sp³-hybridized carbons (Fsp3) is 0.0909. The molecule has 0 aliphatic heterocycles. The van der Waals surface area contributed by atoms with Crippen molar-refractivity contribution < 1.29 is 4.92 Å². The van der Waals surface area contributed by atoms with Gasteiger partial charge in [0.15, 0.2) is 0 Å². The Morgan fingerprint density at radius 2 is 2.28 bits per heavy atom. The minimum absolute atomic E-state index is 0.0101. The predicted molar refractivity (Wildman–Crippen MR) is 71.2 cm³/mol. The van der Waals surface area contributed by atoms with E-state index in [-0.39, 0.29) is 5.69 Å². The maximum atomic E-state index is 10.8. The molecule has 7 heteroatoms. The van der Waals surface area contributed by atoms with Crippen molar-refractivity contribution in [1.29, 1.82) is 0 Å². The van der Waals surface area contributed by atoms with Crippen LogP contribution in [0.4, 0.5) is 11.4 Å². The summed E-state index contributed by atoms with van der Waals surface area (Å²) in [5.41, 5.74) is 3.71. The van der Waals surface area contributed by atoms with Crippen LogP contribution in [0.5, 0.6) is 0 Å². The summed E-state index contributed by atoms with van der Waals surface area (Å²) in [6.07, 6.45) is 1.53. The van der Waals surface area contributed by atoms with E-state index in [9.17, 15) is 10.1 Å². The van der Waals surface area contributed by atoms with Crippen molar-refractivity contribution in [2.75, 3.05) is 5.43 Å². The number of aromatic nitrogens is 1. The number of aryl methyl sites for hydroxylation is 1. The van der Waals surface area contributed by atoms with E-state index in [1.165, 1.54) is 23.6 Å². The summed E-state index contributed by atoms with van der Waals surface area (Å²) in [7, 11) is 0. The van der Waals surface area contributed by atoms with Crippen LogP contribution in [0.15, 0.2) is 34.7 Å². The zero-order valence-corrected chi connectivity index (χ0v) is 10.3. The van der Waals surface area contributed by atoms with Crippen molar-refractivity contribution in [2.24, 2.45) is 5.10 Å². The number of hydrazone groups is 1. The van der Waals surface area contributed by atoms with Gasteiger partial charge < -0.3 is 0 Å². The van der Waals surface area contributed by atoms with Gasteiger partial charge in [-0.05, 0) is 13.0 Å². The van der Waals surface area contributed by atoms with E-state index in [0.717, 1.165) is 10.7 Å². The molecule has 0 unspecified atom stereocenters. The second-order valence-corrected chi connectivity index (χ2v) is 4.50. The summed E-state index contributed by atoms with van der Waals surface area (Å²) in [5.74, 6) is 0. The molecule has 92 valence electrons. The van der Waals surface area contributed by atoms with Gasteiger partial charge in [-0.2, -0.15) is 5.10 Å². The molecule has 1 aromatic carbocycles. The van der Waals surface area contributed by atoms with Crippen LogP contribution in [0, 0.1) is 17.0 Å². The number of benzene rings is 1. The number of anilines is 1. The summed E-state index contributed by atoms with van der Waals surface area (Å²) >= 11 is 1.52. The van der Waals surface area contributed by atoms with Crippen molar-refractivity contribution in [3.05, 3.63) is 50.5 Å². The number of thiazole rings is 1. The molecule has 0 amide bonds. The topological polar surface area (TPSA) is 80.4 Å². The molecular weight excluding hydrogens is 252 g/mol. The van der Waals surface area contributed by atoms with Gasteiger partial charge in [0.2, 0.25) is 0 Å². The van der Waals surface area contributed by atoms with E-state index in [1.54, 1.807) is 18.2 Å². The molecule has 1 heterocycles. The molecule has 1 N–H and O–H groups in total. The van der Waals surface area contributed by atoms with Gasteiger partial charge in [-0.1, -0.05) is 12.1 Å². The van der Waals surface area contributed by atoms with Crippen LogP contribution in [0.1, 0.15) is 10.7 Å². The maximum absolute atomic E-state index is 10.8. The Morgan fingerprint density at radius 1 is 1.50 bits per heavy atom. The molecule has 0 fully saturated rings. The molecule has 0 bridgehead atoms. The highest BCUT2D eigenvalue weighted by molar-refractivity contribution is 7.09. The van der Waals surface area contributed by atoms with Gasteiger partial charge in [0, 0.05) is 11.4 Å². The van der Waals surface area contributed by atoms with Crippen LogP contribution in [-0.2, 0) is 0 Å². The first-order valence-corrected chi connectivity index (χ1v) is 5.99. The van der Waals surface area contributed by atoms with E-state index in [2.05, 4.69) is 15.5 Å². The Morgan fingerprint density at radius 3 is 2.94 bits per heavy atom. The Labute approximate surface area is 107 Å². The van der Waals surface area contributed by atoms with Gasteiger partial charge in [0.05, 0.1) is 21.8 Å². The highest BCUT2D eigenvalue weighted by Crippen LogP contribution is 2.22. The minimum Gasteiger partial charge on any atom is -0.272 e. The fourth-order valence-corrected chi connectivity index (χ4v) is 1.90. The zero-order valence-electron chi connectivity index (χ0n) is 9.53. The number of nitrogens with zero attached hydrogens (tertiary/aromatic N) is 3. The molecule has 0 aliphatic carbocycles. The van der Waals surface area contributed by atoms with Crippen molar-refractivity contribution in [1.82, 2.24) is 4.98 Å². The van der Waals surface area contributed by atoms with E-state index >= 15 is 0 Å².